The molecule has 0 radical (unpaired) electrons. The highest BCUT2D eigenvalue weighted by Crippen LogP contribution is 2.43. The summed E-state index contributed by atoms with van der Waals surface area (Å²) in [6, 6.07) is 5.42. The molecular formula is C22H20F7N3O3. The second kappa shape index (κ2) is 9.80. The van der Waals surface area contributed by atoms with Crippen molar-refractivity contribution in [2.45, 2.75) is 37.2 Å². The molecule has 6 nitrogen and oxygen atoms in total. The van der Waals surface area contributed by atoms with Crippen LogP contribution in [0.5, 0.6) is 5.75 Å². The summed E-state index contributed by atoms with van der Waals surface area (Å²) in [5.74, 6) is -10.1. The van der Waals surface area contributed by atoms with E-state index < -0.39 is 54.2 Å². The highest BCUT2D eigenvalue weighted by molar-refractivity contribution is 5.95. The molecule has 0 saturated carbocycles. The van der Waals surface area contributed by atoms with Gasteiger partial charge in [-0.2, -0.15) is 8.78 Å². The number of carbonyl (C=O) groups excluding carboxylic acids is 1. The van der Waals surface area contributed by atoms with Crippen molar-refractivity contribution in [1.29, 1.82) is 0 Å². The average Bonchev–Trinajstić information content (AvgIpc) is 2.88. The lowest BCUT2D eigenvalue weighted by Crippen LogP contribution is -2.45. The first-order valence-electron chi connectivity index (χ1n) is 10.1. The lowest BCUT2D eigenvalue weighted by atomic mass is 9.84. The van der Waals surface area contributed by atoms with Gasteiger partial charge in [-0.25, -0.2) is 26.9 Å². The maximum atomic E-state index is 14.8. The third-order valence-electron chi connectivity index (χ3n) is 5.31. The Morgan fingerprint density at radius 3 is 2.60 bits per heavy atom. The topological polar surface area (TPSA) is 86.8 Å². The van der Waals surface area contributed by atoms with Gasteiger partial charge < -0.3 is 15.2 Å². The van der Waals surface area contributed by atoms with Gasteiger partial charge in [0, 0.05) is 12.0 Å². The Balaban J connectivity index is 1.79. The Bertz CT molecular complexity index is 1110. The van der Waals surface area contributed by atoms with Gasteiger partial charge in [0.25, 0.3) is 5.92 Å². The molecule has 1 atom stereocenters. The van der Waals surface area contributed by atoms with Gasteiger partial charge >= 0.3 is 12.3 Å². The van der Waals surface area contributed by atoms with Crippen molar-refractivity contribution in [1.82, 2.24) is 4.98 Å². The summed E-state index contributed by atoms with van der Waals surface area (Å²) in [5.41, 5.74) is 2.74. The summed E-state index contributed by atoms with van der Waals surface area (Å²) in [7, 11) is 0. The van der Waals surface area contributed by atoms with E-state index >= 15 is 0 Å². The Kier molecular flexibility index (Phi) is 7.39. The number of nitrogens with zero attached hydrogens (tertiary/aromatic N) is 2. The molecule has 1 aliphatic rings. The minimum atomic E-state index is -4.36. The molecule has 0 amide bonds. The molecule has 3 rings (SSSR count). The predicted molar refractivity (Wildman–Crippen MR) is 110 cm³/mol. The van der Waals surface area contributed by atoms with Crippen LogP contribution in [0, 0.1) is 5.82 Å². The third kappa shape index (κ3) is 5.72. The molecule has 0 saturated heterocycles. The molecule has 0 spiro atoms. The number of ketones is 1. The largest absolute Gasteiger partial charge is 0.485 e. The Morgan fingerprint density at radius 1 is 1.26 bits per heavy atom. The fraction of sp³-hybridized carbons (Fsp3) is 0.409. The van der Waals surface area contributed by atoms with E-state index in [1.165, 1.54) is 6.07 Å². The van der Waals surface area contributed by atoms with Crippen LogP contribution in [0.25, 0.3) is 0 Å². The monoisotopic (exact) mass is 507 g/mol. The molecule has 13 heteroatoms. The summed E-state index contributed by atoms with van der Waals surface area (Å²) in [4.78, 5) is 20.1. The minimum absolute atomic E-state index is 0.148. The van der Waals surface area contributed by atoms with E-state index in [1.54, 1.807) is 0 Å². The molecule has 1 aromatic heterocycles. The van der Waals surface area contributed by atoms with Gasteiger partial charge in [0.15, 0.2) is 17.9 Å². The summed E-state index contributed by atoms with van der Waals surface area (Å²) in [5, 5.41) is 0. The van der Waals surface area contributed by atoms with E-state index in [4.69, 9.17) is 10.5 Å². The lowest BCUT2D eigenvalue weighted by Gasteiger charge is -2.33. The molecule has 190 valence electrons. The average molecular weight is 507 g/mol. The number of ether oxygens (including phenoxy) is 2. The number of aromatic nitrogens is 1. The maximum Gasteiger partial charge on any atom is 0.340 e. The van der Waals surface area contributed by atoms with Gasteiger partial charge in [0.1, 0.15) is 36.3 Å². The molecule has 0 aliphatic carbocycles. The lowest BCUT2D eigenvalue weighted by molar-refractivity contribution is -0.148. The zero-order valence-corrected chi connectivity index (χ0v) is 18.2. The van der Waals surface area contributed by atoms with E-state index in [0.29, 0.717) is 0 Å². The second-order valence-corrected chi connectivity index (χ2v) is 8.02. The van der Waals surface area contributed by atoms with Gasteiger partial charge in [-0.15, -0.1) is 0 Å². The van der Waals surface area contributed by atoms with Crippen molar-refractivity contribution >= 4 is 11.6 Å². The van der Waals surface area contributed by atoms with Crippen molar-refractivity contribution < 1.29 is 45.0 Å². The van der Waals surface area contributed by atoms with Crippen molar-refractivity contribution in [3.05, 3.63) is 59.2 Å². The first-order valence-corrected chi connectivity index (χ1v) is 10.1. The fourth-order valence-electron chi connectivity index (χ4n) is 3.29. The molecule has 2 N–H and O–H groups in total. The van der Waals surface area contributed by atoms with Crippen LogP contribution in [0.3, 0.4) is 0 Å². The summed E-state index contributed by atoms with van der Waals surface area (Å²) in [6.45, 7) is -1.97. The minimum Gasteiger partial charge on any atom is -0.485 e. The van der Waals surface area contributed by atoms with E-state index in [2.05, 4.69) is 14.7 Å². The van der Waals surface area contributed by atoms with Crippen LogP contribution in [0.4, 0.5) is 30.7 Å². The molecule has 0 unspecified atom stereocenters. The van der Waals surface area contributed by atoms with Gasteiger partial charge in [-0.1, -0.05) is 6.07 Å². The molecular weight excluding hydrogens is 487 g/mol. The number of halogens is 7. The molecule has 1 aromatic carbocycles. The van der Waals surface area contributed by atoms with Crippen LogP contribution < -0.4 is 10.5 Å². The first-order chi connectivity index (χ1) is 16.2. The number of nitrogens with two attached hydrogens (primary N) is 1. The number of carbonyl (C=O) groups is 1. The standard InChI is InChI=1S/C22H20F7N3O3/c1-20(22(28,29)11-34-9-18(30)32-20)14-6-12(2-4-15(14)23)7-17(33)16-5-3-13(8-31-16)35-10-21(26,27)19(24)25/h2-6,8,19H,7,9-11H2,1H3,(H2,30,32)/t20-/m1/s1. The maximum absolute atomic E-state index is 14.8. The predicted octanol–water partition coefficient (Wildman–Crippen LogP) is 4.16. The van der Waals surface area contributed by atoms with Crippen LogP contribution >= 0.6 is 0 Å². The number of pyridine rings is 1. The van der Waals surface area contributed by atoms with Crippen molar-refractivity contribution in [2.24, 2.45) is 10.7 Å². The number of benzene rings is 1. The number of amidine groups is 1. The van der Waals surface area contributed by atoms with Crippen LogP contribution in [-0.2, 0) is 16.7 Å². The van der Waals surface area contributed by atoms with Gasteiger partial charge in [-0.3, -0.25) is 9.79 Å². The molecule has 35 heavy (non-hydrogen) atoms. The van der Waals surface area contributed by atoms with Crippen molar-refractivity contribution in [3.63, 3.8) is 0 Å². The Hall–Kier alpha value is -3.22. The quantitative estimate of drug-likeness (QED) is 0.428. The molecule has 2 heterocycles. The van der Waals surface area contributed by atoms with E-state index in [-0.39, 0.29) is 35.9 Å². The van der Waals surface area contributed by atoms with E-state index in [0.717, 1.165) is 37.4 Å². The van der Waals surface area contributed by atoms with Crippen LogP contribution in [0.1, 0.15) is 28.5 Å². The Labute approximate surface area is 194 Å². The number of alkyl halides is 6. The number of Topliss-reactive ketones (excluding diaryl/α,β-unsaturated/α-hetero) is 1. The molecule has 2 aromatic rings. The zero-order valence-electron chi connectivity index (χ0n) is 18.2. The zero-order chi connectivity index (χ0) is 26.0. The number of aliphatic imine (C=N–C) groups is 1. The fourth-order valence-corrected chi connectivity index (χ4v) is 3.29. The summed E-state index contributed by atoms with van der Waals surface area (Å²) >= 11 is 0. The smallest absolute Gasteiger partial charge is 0.340 e. The highest BCUT2D eigenvalue weighted by Gasteiger charge is 2.54. The van der Waals surface area contributed by atoms with Crippen molar-refractivity contribution in [2.75, 3.05) is 19.8 Å². The highest BCUT2D eigenvalue weighted by atomic mass is 19.3. The van der Waals surface area contributed by atoms with Crippen LogP contribution in [-0.4, -0.2) is 54.7 Å². The van der Waals surface area contributed by atoms with Gasteiger partial charge in [-0.05, 0) is 36.8 Å². The van der Waals surface area contributed by atoms with Gasteiger partial charge in [0.2, 0.25) is 0 Å². The number of rotatable bonds is 8. The van der Waals surface area contributed by atoms with Gasteiger partial charge in [0.05, 0.1) is 6.20 Å². The van der Waals surface area contributed by atoms with E-state index in [9.17, 15) is 35.5 Å². The Morgan fingerprint density at radius 2 is 1.97 bits per heavy atom. The second-order valence-electron chi connectivity index (χ2n) is 8.02. The van der Waals surface area contributed by atoms with E-state index in [1.807, 2.05) is 0 Å². The SMILES string of the molecule is C[C@]1(c2cc(CC(=O)c3ccc(OCC(F)(F)C(F)F)cn3)ccc2F)N=C(N)COCC1(F)F. The summed E-state index contributed by atoms with van der Waals surface area (Å²) in [6.07, 6.45) is -3.39. The molecule has 1 aliphatic heterocycles. The normalized spacial score (nSPS) is 20.3. The molecule has 0 fully saturated rings. The van der Waals surface area contributed by atoms with Crippen LogP contribution in [0.15, 0.2) is 41.5 Å². The summed E-state index contributed by atoms with van der Waals surface area (Å²) < 4.78 is 104. The molecule has 0 bridgehead atoms. The first kappa shape index (κ1) is 26.4. The third-order valence-corrected chi connectivity index (χ3v) is 5.31. The number of hydrogen-bond acceptors (Lipinski definition) is 6. The van der Waals surface area contributed by atoms with Crippen molar-refractivity contribution in [3.8, 4) is 5.75 Å². The van der Waals surface area contributed by atoms with Crippen LogP contribution in [0.2, 0.25) is 0 Å². The number of hydrogen-bond donors (Lipinski definition) is 1.